The van der Waals surface area contributed by atoms with E-state index in [1.807, 2.05) is 5.38 Å². The quantitative estimate of drug-likeness (QED) is 0.895. The zero-order valence-corrected chi connectivity index (χ0v) is 14.3. The molecule has 1 amide bonds. The summed E-state index contributed by atoms with van der Waals surface area (Å²) in [6.07, 6.45) is 9.16. The lowest BCUT2D eigenvalue weighted by Gasteiger charge is -2.54. The fraction of sp³-hybridized carbons (Fsp3) is 0.778. The predicted octanol–water partition coefficient (Wildman–Crippen LogP) is 3.12. The molecule has 1 aromatic heterocycles. The molecule has 4 aliphatic carbocycles. The summed E-state index contributed by atoms with van der Waals surface area (Å²) < 4.78 is 0. The first kappa shape index (κ1) is 14.4. The van der Waals surface area contributed by atoms with E-state index in [1.165, 1.54) is 38.5 Å². The van der Waals surface area contributed by atoms with Crippen molar-refractivity contribution in [2.75, 3.05) is 6.54 Å². The number of carbonyl (C=O) groups excluding carboxylic acids is 1. The van der Waals surface area contributed by atoms with Crippen molar-refractivity contribution in [3.05, 3.63) is 16.1 Å². The summed E-state index contributed by atoms with van der Waals surface area (Å²) in [4.78, 5) is 17.3. The summed E-state index contributed by atoms with van der Waals surface area (Å²) in [5.41, 5.74) is 0.632. The number of rotatable bonds is 3. The van der Waals surface area contributed by atoms with Gasteiger partial charge in [-0.1, -0.05) is 0 Å². The highest BCUT2D eigenvalue weighted by atomic mass is 32.1. The third kappa shape index (κ3) is 2.52. The van der Waals surface area contributed by atoms with Gasteiger partial charge in [0.25, 0.3) is 5.91 Å². The van der Waals surface area contributed by atoms with Gasteiger partial charge in [-0.3, -0.25) is 4.79 Å². The van der Waals surface area contributed by atoms with Crippen LogP contribution in [-0.2, 0) is 0 Å². The zero-order valence-electron chi connectivity index (χ0n) is 13.5. The molecule has 4 saturated carbocycles. The van der Waals surface area contributed by atoms with Crippen LogP contribution >= 0.6 is 11.3 Å². The van der Waals surface area contributed by atoms with Crippen molar-refractivity contribution < 1.29 is 4.79 Å². The molecule has 4 nitrogen and oxygen atoms in total. The summed E-state index contributed by atoms with van der Waals surface area (Å²) >= 11 is 1.63. The number of aromatic nitrogens is 1. The molecule has 0 aromatic carbocycles. The van der Waals surface area contributed by atoms with E-state index in [0.29, 0.717) is 17.8 Å². The van der Waals surface area contributed by atoms with Gasteiger partial charge in [0.15, 0.2) is 0 Å². The first-order chi connectivity index (χ1) is 11.3. The SMILES string of the molecule is O=C(NC1C2CC3CC(C2)CC1C3)c1csc(C2CCCN2)n1. The maximum absolute atomic E-state index is 12.7. The van der Waals surface area contributed by atoms with E-state index < -0.39 is 0 Å². The zero-order chi connectivity index (χ0) is 15.4. The highest BCUT2D eigenvalue weighted by Crippen LogP contribution is 2.53. The molecule has 0 radical (unpaired) electrons. The van der Waals surface area contributed by atoms with Crippen LogP contribution in [-0.4, -0.2) is 23.5 Å². The van der Waals surface area contributed by atoms with Gasteiger partial charge >= 0.3 is 0 Å². The molecule has 1 saturated heterocycles. The maximum atomic E-state index is 12.7. The molecule has 5 heteroatoms. The number of amides is 1. The maximum Gasteiger partial charge on any atom is 0.270 e. The van der Waals surface area contributed by atoms with Crippen molar-refractivity contribution in [3.8, 4) is 0 Å². The van der Waals surface area contributed by atoms with E-state index in [0.717, 1.165) is 41.6 Å². The van der Waals surface area contributed by atoms with Crippen LogP contribution in [0, 0.1) is 23.7 Å². The minimum absolute atomic E-state index is 0.0583. The highest BCUT2D eigenvalue weighted by molar-refractivity contribution is 7.09. The summed E-state index contributed by atoms with van der Waals surface area (Å²) in [5.74, 6) is 3.41. The van der Waals surface area contributed by atoms with Crippen LogP contribution in [0.15, 0.2) is 5.38 Å². The molecule has 23 heavy (non-hydrogen) atoms. The average molecular weight is 331 g/mol. The molecule has 5 aliphatic rings. The van der Waals surface area contributed by atoms with Gasteiger partial charge in [0, 0.05) is 11.4 Å². The Balaban J connectivity index is 1.28. The summed E-state index contributed by atoms with van der Waals surface area (Å²) in [5, 5.41) is 9.86. The minimum atomic E-state index is 0.0583. The van der Waals surface area contributed by atoms with E-state index in [4.69, 9.17) is 0 Å². The first-order valence-corrected chi connectivity index (χ1v) is 10.1. The van der Waals surface area contributed by atoms with Crippen molar-refractivity contribution in [1.82, 2.24) is 15.6 Å². The van der Waals surface area contributed by atoms with Crippen LogP contribution in [0.4, 0.5) is 0 Å². The third-order valence-electron chi connectivity index (χ3n) is 6.64. The molecule has 124 valence electrons. The molecule has 5 fully saturated rings. The van der Waals surface area contributed by atoms with Crippen LogP contribution in [0.5, 0.6) is 0 Å². The highest BCUT2D eigenvalue weighted by Gasteiger charge is 2.48. The fourth-order valence-corrected chi connectivity index (χ4v) is 6.74. The largest absolute Gasteiger partial charge is 0.347 e. The number of hydrogen-bond donors (Lipinski definition) is 2. The van der Waals surface area contributed by atoms with Crippen LogP contribution < -0.4 is 10.6 Å². The van der Waals surface area contributed by atoms with Crippen molar-refractivity contribution in [3.63, 3.8) is 0 Å². The van der Waals surface area contributed by atoms with Crippen molar-refractivity contribution in [1.29, 1.82) is 0 Å². The topological polar surface area (TPSA) is 54.0 Å². The van der Waals surface area contributed by atoms with Crippen LogP contribution in [0.3, 0.4) is 0 Å². The van der Waals surface area contributed by atoms with Crippen LogP contribution in [0.25, 0.3) is 0 Å². The third-order valence-corrected chi connectivity index (χ3v) is 7.60. The van der Waals surface area contributed by atoms with Crippen LogP contribution in [0.1, 0.15) is 66.5 Å². The summed E-state index contributed by atoms with van der Waals surface area (Å²) in [7, 11) is 0. The van der Waals surface area contributed by atoms with Crippen LogP contribution in [0.2, 0.25) is 0 Å². The standard InChI is InChI=1S/C18H25N3OS/c22-17(15-9-23-18(20-15)14-2-1-3-19-14)21-16-12-5-10-4-11(7-12)8-13(16)6-10/h9-14,16,19H,1-8H2,(H,21,22). The normalized spacial score (nSPS) is 41.4. The monoisotopic (exact) mass is 331 g/mol. The summed E-state index contributed by atoms with van der Waals surface area (Å²) in [6, 6.07) is 0.771. The number of nitrogens with one attached hydrogen (secondary N) is 2. The van der Waals surface area contributed by atoms with E-state index in [2.05, 4.69) is 15.6 Å². The smallest absolute Gasteiger partial charge is 0.270 e. The average Bonchev–Trinajstić information content (AvgIpc) is 3.20. The Morgan fingerprint density at radius 2 is 1.91 bits per heavy atom. The van der Waals surface area contributed by atoms with E-state index >= 15 is 0 Å². The first-order valence-electron chi connectivity index (χ1n) is 9.26. The fourth-order valence-electron chi connectivity index (χ4n) is 5.83. The minimum Gasteiger partial charge on any atom is -0.347 e. The lowest BCUT2D eigenvalue weighted by atomic mass is 9.54. The van der Waals surface area contributed by atoms with E-state index in [-0.39, 0.29) is 5.91 Å². The van der Waals surface area contributed by atoms with Gasteiger partial charge < -0.3 is 10.6 Å². The second-order valence-corrected chi connectivity index (χ2v) is 9.04. The van der Waals surface area contributed by atoms with Gasteiger partial charge in [0.2, 0.25) is 0 Å². The Bertz CT molecular complexity index is 579. The molecule has 1 aliphatic heterocycles. The van der Waals surface area contributed by atoms with Gasteiger partial charge in [-0.05, 0) is 75.2 Å². The van der Waals surface area contributed by atoms with E-state index in [9.17, 15) is 4.79 Å². The molecular formula is C18H25N3OS. The van der Waals surface area contributed by atoms with Gasteiger partial charge in [-0.25, -0.2) is 4.98 Å². The van der Waals surface area contributed by atoms with Crippen molar-refractivity contribution >= 4 is 17.2 Å². The Labute approximate surface area is 141 Å². The molecular weight excluding hydrogens is 306 g/mol. The van der Waals surface area contributed by atoms with Gasteiger partial charge in [0.1, 0.15) is 10.7 Å². The molecule has 0 spiro atoms. The summed E-state index contributed by atoms with van der Waals surface area (Å²) in [6.45, 7) is 1.07. The molecule has 4 bridgehead atoms. The number of thiazole rings is 1. The van der Waals surface area contributed by atoms with E-state index in [1.54, 1.807) is 11.3 Å². The molecule has 2 heterocycles. The van der Waals surface area contributed by atoms with Crippen molar-refractivity contribution in [2.24, 2.45) is 23.7 Å². The van der Waals surface area contributed by atoms with Gasteiger partial charge in [-0.2, -0.15) is 0 Å². The lowest BCUT2D eigenvalue weighted by Crippen LogP contribution is -2.55. The van der Waals surface area contributed by atoms with Gasteiger partial charge in [-0.15, -0.1) is 11.3 Å². The number of nitrogens with zero attached hydrogens (tertiary/aromatic N) is 1. The Hall–Kier alpha value is -0.940. The molecule has 1 unspecified atom stereocenters. The Morgan fingerprint density at radius 1 is 1.17 bits per heavy atom. The molecule has 6 rings (SSSR count). The van der Waals surface area contributed by atoms with Crippen molar-refractivity contribution in [2.45, 2.75) is 57.0 Å². The molecule has 1 atom stereocenters. The number of carbonyl (C=O) groups is 1. The molecule has 1 aromatic rings. The Morgan fingerprint density at radius 3 is 2.57 bits per heavy atom. The second-order valence-electron chi connectivity index (χ2n) is 8.15. The number of hydrogen-bond acceptors (Lipinski definition) is 4. The van der Waals surface area contributed by atoms with Gasteiger partial charge in [0.05, 0.1) is 6.04 Å². The second kappa shape index (κ2) is 5.55. The molecule has 2 N–H and O–H groups in total. The Kier molecular flexibility index (Phi) is 3.48. The predicted molar refractivity (Wildman–Crippen MR) is 90.4 cm³/mol. The lowest BCUT2D eigenvalue weighted by molar-refractivity contribution is -0.0120.